The van der Waals surface area contributed by atoms with Crippen molar-refractivity contribution in [3.05, 3.63) is 0 Å². The number of hydrogen-bond donors (Lipinski definition) is 6. The van der Waals surface area contributed by atoms with Crippen LogP contribution in [0.5, 0.6) is 0 Å². The number of aliphatic hydroxyl groups is 4. The molecule has 0 aromatic heterocycles. The van der Waals surface area contributed by atoms with Crippen LogP contribution in [0.15, 0.2) is 0 Å². The third-order valence-electron chi connectivity index (χ3n) is 0.862. The fourth-order valence-corrected chi connectivity index (χ4v) is 0.184. The Bertz CT molecular complexity index is 96.5. The van der Waals surface area contributed by atoms with E-state index in [1.54, 1.807) is 5.32 Å². The second-order valence-electron chi connectivity index (χ2n) is 1.65. The van der Waals surface area contributed by atoms with Gasteiger partial charge in [-0.1, -0.05) is 0 Å². The van der Waals surface area contributed by atoms with Gasteiger partial charge in [-0.25, -0.2) is 0 Å². The summed E-state index contributed by atoms with van der Waals surface area (Å²) in [6.07, 6.45) is 0. The largest absolute Gasteiger partial charge is 0.348 e. The normalized spacial score (nSPS) is 14.0. The summed E-state index contributed by atoms with van der Waals surface area (Å²) >= 11 is 0. The summed E-state index contributed by atoms with van der Waals surface area (Å²) in [5, 5.41) is 35.4. The van der Waals surface area contributed by atoms with Crippen LogP contribution < -0.4 is 11.1 Å². The van der Waals surface area contributed by atoms with Gasteiger partial charge in [0.25, 0.3) is 11.8 Å². The molecule has 0 heterocycles. The molecular weight excluding hydrogens is 128 g/mol. The Kier molecular flexibility index (Phi) is 2.12. The number of rotatable bonds is 2. The lowest BCUT2D eigenvalue weighted by Gasteiger charge is -2.29. The van der Waals surface area contributed by atoms with Crippen molar-refractivity contribution < 1.29 is 20.4 Å². The number of likely N-dealkylation sites (N-methyl/N-ethyl adjacent to an activating group) is 1. The van der Waals surface area contributed by atoms with Gasteiger partial charge < -0.3 is 20.4 Å². The predicted molar refractivity (Wildman–Crippen MR) is 27.6 cm³/mol. The maximum atomic E-state index is 8.48. The van der Waals surface area contributed by atoms with E-state index in [0.29, 0.717) is 0 Å². The molecule has 0 spiro atoms. The maximum absolute atomic E-state index is 8.48. The Labute approximate surface area is 51.5 Å². The molecule has 0 aromatic rings. The molecule has 0 atom stereocenters. The van der Waals surface area contributed by atoms with Gasteiger partial charge in [0.05, 0.1) is 0 Å². The van der Waals surface area contributed by atoms with Gasteiger partial charge in [-0.3, -0.25) is 11.1 Å². The van der Waals surface area contributed by atoms with Crippen LogP contribution in [0.3, 0.4) is 0 Å². The van der Waals surface area contributed by atoms with Crippen LogP contribution in [0, 0.1) is 0 Å². The van der Waals surface area contributed by atoms with Crippen LogP contribution >= 0.6 is 0 Å². The molecular formula is C3H10N2O4. The second kappa shape index (κ2) is 2.18. The van der Waals surface area contributed by atoms with Crippen molar-refractivity contribution in [2.45, 2.75) is 11.8 Å². The fourth-order valence-electron chi connectivity index (χ4n) is 0.184. The van der Waals surface area contributed by atoms with Crippen LogP contribution in [0.1, 0.15) is 0 Å². The third kappa shape index (κ3) is 1.86. The molecule has 6 heteroatoms. The lowest BCUT2D eigenvalue weighted by molar-refractivity contribution is -0.365. The van der Waals surface area contributed by atoms with E-state index in [4.69, 9.17) is 20.4 Å². The van der Waals surface area contributed by atoms with Crippen LogP contribution in [0.25, 0.3) is 0 Å². The van der Waals surface area contributed by atoms with Gasteiger partial charge in [0, 0.05) is 0 Å². The summed E-state index contributed by atoms with van der Waals surface area (Å²) < 4.78 is 0. The zero-order valence-electron chi connectivity index (χ0n) is 4.87. The molecule has 0 bridgehead atoms. The molecule has 0 aliphatic heterocycles. The highest BCUT2D eigenvalue weighted by Gasteiger charge is 2.42. The summed E-state index contributed by atoms with van der Waals surface area (Å²) in [6, 6.07) is 0. The predicted octanol–water partition coefficient (Wildman–Crippen LogP) is -3.56. The zero-order valence-corrected chi connectivity index (χ0v) is 4.87. The van der Waals surface area contributed by atoms with Crippen molar-refractivity contribution in [3.8, 4) is 0 Å². The molecule has 0 aliphatic carbocycles. The van der Waals surface area contributed by atoms with E-state index in [0.717, 1.165) is 7.05 Å². The summed E-state index contributed by atoms with van der Waals surface area (Å²) in [7, 11) is 1.11. The molecule has 6 nitrogen and oxygen atoms in total. The van der Waals surface area contributed by atoms with E-state index in [1.807, 2.05) is 0 Å². The zero-order chi connectivity index (χ0) is 7.71. The van der Waals surface area contributed by atoms with Crippen molar-refractivity contribution in [3.63, 3.8) is 0 Å². The van der Waals surface area contributed by atoms with Crippen LogP contribution in [-0.4, -0.2) is 39.3 Å². The molecule has 0 fully saturated rings. The van der Waals surface area contributed by atoms with Crippen LogP contribution in [0.2, 0.25) is 0 Å². The molecule has 0 saturated carbocycles. The highest BCUT2D eigenvalue weighted by atomic mass is 16.6. The van der Waals surface area contributed by atoms with Crippen LogP contribution in [-0.2, 0) is 0 Å². The average Bonchev–Trinajstić information content (AvgIpc) is 1.64. The van der Waals surface area contributed by atoms with E-state index in [2.05, 4.69) is 5.73 Å². The Balaban J connectivity index is 4.14. The standard InChI is InChI=1S/C3H10N2O4/c1-5-3(8,9)2(4,6)7/h5-9H,4H2,1H3. The monoisotopic (exact) mass is 138 g/mol. The molecule has 0 aliphatic rings. The minimum absolute atomic E-state index is 1.11. The lowest BCUT2D eigenvalue weighted by Crippen LogP contribution is -2.67. The van der Waals surface area contributed by atoms with Crippen molar-refractivity contribution in [2.24, 2.45) is 5.73 Å². The number of hydrogen-bond acceptors (Lipinski definition) is 6. The summed E-state index contributed by atoms with van der Waals surface area (Å²) in [4.78, 5) is 0. The Morgan fingerprint density at radius 1 is 1.22 bits per heavy atom. The topological polar surface area (TPSA) is 119 Å². The Hall–Kier alpha value is -0.240. The summed E-state index contributed by atoms with van der Waals surface area (Å²) in [5.41, 5.74) is 4.47. The van der Waals surface area contributed by atoms with E-state index in [-0.39, 0.29) is 0 Å². The average molecular weight is 138 g/mol. The SMILES string of the molecule is CNC(O)(O)C(N)(O)O. The van der Waals surface area contributed by atoms with Gasteiger partial charge >= 0.3 is 0 Å². The first-order valence-electron chi connectivity index (χ1n) is 2.18. The molecule has 0 amide bonds. The van der Waals surface area contributed by atoms with Crippen LogP contribution in [0.4, 0.5) is 0 Å². The molecule has 56 valence electrons. The number of nitrogens with one attached hydrogen (secondary N) is 1. The Morgan fingerprint density at radius 2 is 1.56 bits per heavy atom. The second-order valence-corrected chi connectivity index (χ2v) is 1.65. The first-order valence-corrected chi connectivity index (χ1v) is 2.18. The minimum atomic E-state index is -3.05. The van der Waals surface area contributed by atoms with Crippen molar-refractivity contribution in [1.29, 1.82) is 0 Å². The smallest absolute Gasteiger partial charge is 0.294 e. The quantitative estimate of drug-likeness (QED) is 0.220. The Morgan fingerprint density at radius 3 is 1.56 bits per heavy atom. The molecule has 7 N–H and O–H groups in total. The summed E-state index contributed by atoms with van der Waals surface area (Å²) in [6.45, 7) is 0. The lowest BCUT2D eigenvalue weighted by atomic mass is 10.4. The van der Waals surface area contributed by atoms with Gasteiger partial charge in [0.1, 0.15) is 0 Å². The van der Waals surface area contributed by atoms with Crippen molar-refractivity contribution in [2.75, 3.05) is 7.05 Å². The van der Waals surface area contributed by atoms with Gasteiger partial charge in [0.15, 0.2) is 0 Å². The van der Waals surface area contributed by atoms with E-state index < -0.39 is 11.8 Å². The molecule has 0 unspecified atom stereocenters. The molecule has 0 rings (SSSR count). The first-order chi connectivity index (χ1) is 3.81. The molecule has 9 heavy (non-hydrogen) atoms. The molecule has 0 radical (unpaired) electrons. The molecule has 0 aromatic carbocycles. The van der Waals surface area contributed by atoms with Gasteiger partial charge in [0.2, 0.25) is 0 Å². The first kappa shape index (κ1) is 8.76. The minimum Gasteiger partial charge on any atom is -0.348 e. The van der Waals surface area contributed by atoms with Crippen molar-refractivity contribution in [1.82, 2.24) is 5.32 Å². The highest BCUT2D eigenvalue weighted by molar-refractivity contribution is 4.70. The van der Waals surface area contributed by atoms with E-state index in [9.17, 15) is 0 Å². The van der Waals surface area contributed by atoms with Gasteiger partial charge in [-0.15, -0.1) is 0 Å². The molecule has 0 saturated heterocycles. The van der Waals surface area contributed by atoms with Gasteiger partial charge in [-0.05, 0) is 7.05 Å². The fraction of sp³-hybridized carbons (Fsp3) is 1.00. The van der Waals surface area contributed by atoms with E-state index >= 15 is 0 Å². The summed E-state index contributed by atoms with van der Waals surface area (Å²) in [5.74, 6) is -5.94. The van der Waals surface area contributed by atoms with E-state index in [1.165, 1.54) is 0 Å². The van der Waals surface area contributed by atoms with Crippen molar-refractivity contribution >= 4 is 0 Å². The maximum Gasteiger partial charge on any atom is 0.294 e. The number of nitrogens with two attached hydrogens (primary N) is 1. The highest BCUT2D eigenvalue weighted by Crippen LogP contribution is 2.04. The third-order valence-corrected chi connectivity index (χ3v) is 0.862. The van der Waals surface area contributed by atoms with Gasteiger partial charge in [-0.2, -0.15) is 0 Å².